The van der Waals surface area contributed by atoms with Gasteiger partial charge in [0, 0.05) is 5.41 Å². The van der Waals surface area contributed by atoms with E-state index in [1.165, 1.54) is 36.4 Å². The van der Waals surface area contributed by atoms with E-state index in [0.717, 1.165) is 43.6 Å². The summed E-state index contributed by atoms with van der Waals surface area (Å²) in [6.45, 7) is 2.00. The predicted molar refractivity (Wildman–Crippen MR) is 121 cm³/mol. The summed E-state index contributed by atoms with van der Waals surface area (Å²) < 4.78 is 73.5. The number of halogens is 5. The molecule has 180 valence electrons. The molecule has 0 aromatic heterocycles. The molecule has 1 fully saturated rings. The van der Waals surface area contributed by atoms with E-state index >= 15 is 0 Å². The van der Waals surface area contributed by atoms with Crippen molar-refractivity contribution >= 4 is 0 Å². The highest BCUT2D eigenvalue weighted by molar-refractivity contribution is 5.65. The topological polar surface area (TPSA) is 12.5 Å². The van der Waals surface area contributed by atoms with Crippen molar-refractivity contribution in [2.75, 3.05) is 26.7 Å². The fourth-order valence-corrected chi connectivity index (χ4v) is 4.48. The second-order valence-electron chi connectivity index (χ2n) is 9.01. The van der Waals surface area contributed by atoms with E-state index in [1.54, 1.807) is 18.2 Å². The van der Waals surface area contributed by atoms with Crippen LogP contribution in [0.2, 0.25) is 0 Å². The van der Waals surface area contributed by atoms with Gasteiger partial charge < -0.3 is 9.64 Å². The first-order valence-electron chi connectivity index (χ1n) is 11.1. The zero-order valence-corrected chi connectivity index (χ0v) is 18.8. The number of ether oxygens (including phenoxy) is 1. The molecule has 1 aliphatic rings. The van der Waals surface area contributed by atoms with Crippen molar-refractivity contribution in [1.82, 2.24) is 4.90 Å². The number of nitrogens with zero attached hydrogens (tertiary/aromatic N) is 1. The largest absolute Gasteiger partial charge is 0.416 e. The zero-order valence-electron chi connectivity index (χ0n) is 18.8. The standard InChI is InChI=1S/C27H26F5NO/c1-33-12-10-26(11-13-33,22-4-8-25(29)9-5-22)18-34-17-19-14-21(16-23(15-19)27(30,31)32)20-2-6-24(28)7-3-20/h2-9,14-16H,10-13,17-18H2,1H3. The van der Waals surface area contributed by atoms with Crippen molar-refractivity contribution in [3.05, 3.63) is 95.1 Å². The van der Waals surface area contributed by atoms with Crippen LogP contribution in [0.15, 0.2) is 66.7 Å². The smallest absolute Gasteiger partial charge is 0.376 e. The molecule has 0 radical (unpaired) electrons. The van der Waals surface area contributed by atoms with Gasteiger partial charge in [0.2, 0.25) is 0 Å². The van der Waals surface area contributed by atoms with Crippen molar-refractivity contribution in [3.63, 3.8) is 0 Å². The highest BCUT2D eigenvalue weighted by Gasteiger charge is 2.36. The molecule has 0 saturated carbocycles. The van der Waals surface area contributed by atoms with Gasteiger partial charge in [0.25, 0.3) is 0 Å². The lowest BCUT2D eigenvalue weighted by molar-refractivity contribution is -0.137. The molecule has 7 heteroatoms. The number of benzene rings is 3. The van der Waals surface area contributed by atoms with Crippen LogP contribution in [-0.4, -0.2) is 31.6 Å². The average molecular weight is 476 g/mol. The quantitative estimate of drug-likeness (QED) is 0.362. The number of hydrogen-bond acceptors (Lipinski definition) is 2. The minimum absolute atomic E-state index is 0.00308. The first kappa shape index (κ1) is 24.4. The van der Waals surface area contributed by atoms with Crippen molar-refractivity contribution in [3.8, 4) is 11.1 Å². The molecule has 3 aromatic rings. The van der Waals surface area contributed by atoms with E-state index in [4.69, 9.17) is 4.74 Å². The van der Waals surface area contributed by atoms with Crippen LogP contribution >= 0.6 is 0 Å². The van der Waals surface area contributed by atoms with E-state index in [1.807, 2.05) is 7.05 Å². The van der Waals surface area contributed by atoms with Gasteiger partial charge in [-0.05, 0) is 97.7 Å². The zero-order chi connectivity index (χ0) is 24.3. The van der Waals surface area contributed by atoms with Gasteiger partial charge in [0.05, 0.1) is 18.8 Å². The Labute approximate surface area is 196 Å². The maximum atomic E-state index is 13.6. The molecular weight excluding hydrogens is 449 g/mol. The Morgan fingerprint density at radius 3 is 2.00 bits per heavy atom. The Bertz CT molecular complexity index is 1100. The molecule has 34 heavy (non-hydrogen) atoms. The summed E-state index contributed by atoms with van der Waals surface area (Å²) in [4.78, 5) is 2.21. The van der Waals surface area contributed by atoms with Crippen molar-refractivity contribution < 1.29 is 26.7 Å². The Kier molecular flexibility index (Phi) is 7.05. The third-order valence-corrected chi connectivity index (χ3v) is 6.55. The molecule has 0 N–H and O–H groups in total. The summed E-state index contributed by atoms with van der Waals surface area (Å²) >= 11 is 0. The Morgan fingerprint density at radius 2 is 1.41 bits per heavy atom. The van der Waals surface area contributed by atoms with Gasteiger partial charge in [0.15, 0.2) is 0 Å². The molecule has 4 rings (SSSR count). The average Bonchev–Trinajstić information content (AvgIpc) is 2.81. The van der Waals surface area contributed by atoms with E-state index in [9.17, 15) is 22.0 Å². The molecule has 1 aliphatic heterocycles. The molecular formula is C27H26F5NO. The summed E-state index contributed by atoms with van der Waals surface area (Å²) in [7, 11) is 2.04. The Morgan fingerprint density at radius 1 is 0.824 bits per heavy atom. The number of likely N-dealkylation sites (tertiary alicyclic amines) is 1. The molecule has 3 aromatic carbocycles. The summed E-state index contributed by atoms with van der Waals surface area (Å²) in [6.07, 6.45) is -2.91. The number of rotatable bonds is 6. The summed E-state index contributed by atoms with van der Waals surface area (Å²) in [6, 6.07) is 15.5. The van der Waals surface area contributed by atoms with Crippen molar-refractivity contribution in [2.45, 2.75) is 31.0 Å². The predicted octanol–water partition coefficient (Wildman–Crippen LogP) is 6.83. The van der Waals surface area contributed by atoms with Crippen LogP contribution < -0.4 is 0 Å². The van der Waals surface area contributed by atoms with Crippen LogP contribution in [0.25, 0.3) is 11.1 Å². The van der Waals surface area contributed by atoms with Crippen LogP contribution in [0.5, 0.6) is 0 Å². The van der Waals surface area contributed by atoms with Crippen LogP contribution in [0.1, 0.15) is 29.5 Å². The molecule has 1 saturated heterocycles. The minimum Gasteiger partial charge on any atom is -0.376 e. The van der Waals surface area contributed by atoms with Crippen LogP contribution in [0, 0.1) is 11.6 Å². The Hall–Kier alpha value is -2.77. The lowest BCUT2D eigenvalue weighted by Crippen LogP contribution is -2.43. The number of piperidine rings is 1. The second-order valence-corrected chi connectivity index (χ2v) is 9.01. The molecule has 0 unspecified atom stereocenters. The van der Waals surface area contributed by atoms with Gasteiger partial charge in [-0.3, -0.25) is 0 Å². The monoisotopic (exact) mass is 475 g/mol. The van der Waals surface area contributed by atoms with E-state index in [0.29, 0.717) is 23.3 Å². The van der Waals surface area contributed by atoms with Gasteiger partial charge in [-0.2, -0.15) is 13.2 Å². The highest BCUT2D eigenvalue weighted by atomic mass is 19.4. The van der Waals surface area contributed by atoms with Gasteiger partial charge in [-0.1, -0.05) is 24.3 Å². The fourth-order valence-electron chi connectivity index (χ4n) is 4.48. The van der Waals surface area contributed by atoms with Crippen LogP contribution in [0.3, 0.4) is 0 Å². The first-order valence-corrected chi connectivity index (χ1v) is 11.1. The lowest BCUT2D eigenvalue weighted by Gasteiger charge is -2.41. The summed E-state index contributed by atoms with van der Waals surface area (Å²) in [5.74, 6) is -0.770. The molecule has 0 spiro atoms. The van der Waals surface area contributed by atoms with E-state index in [-0.39, 0.29) is 17.8 Å². The maximum Gasteiger partial charge on any atom is 0.416 e. The van der Waals surface area contributed by atoms with Gasteiger partial charge in [-0.15, -0.1) is 0 Å². The van der Waals surface area contributed by atoms with Crippen LogP contribution in [-0.2, 0) is 22.9 Å². The normalized spacial score (nSPS) is 16.5. The lowest BCUT2D eigenvalue weighted by atomic mass is 9.73. The molecule has 0 aliphatic carbocycles. The third kappa shape index (κ3) is 5.65. The van der Waals surface area contributed by atoms with Crippen molar-refractivity contribution in [1.29, 1.82) is 0 Å². The second kappa shape index (κ2) is 9.84. The fraction of sp³-hybridized carbons (Fsp3) is 0.333. The summed E-state index contributed by atoms with van der Waals surface area (Å²) in [5.41, 5.74) is 1.09. The minimum atomic E-state index is -4.52. The van der Waals surface area contributed by atoms with Gasteiger partial charge >= 0.3 is 6.18 Å². The molecule has 0 atom stereocenters. The molecule has 1 heterocycles. The number of hydrogen-bond donors (Lipinski definition) is 0. The van der Waals surface area contributed by atoms with Gasteiger partial charge in [-0.25, -0.2) is 8.78 Å². The highest BCUT2D eigenvalue weighted by Crippen LogP contribution is 2.37. The van der Waals surface area contributed by atoms with Gasteiger partial charge in [0.1, 0.15) is 11.6 Å². The third-order valence-electron chi connectivity index (χ3n) is 6.55. The van der Waals surface area contributed by atoms with Crippen LogP contribution in [0.4, 0.5) is 22.0 Å². The molecule has 0 amide bonds. The SMILES string of the molecule is CN1CCC(COCc2cc(-c3ccc(F)cc3)cc(C(F)(F)F)c2)(c2ccc(F)cc2)CC1. The summed E-state index contributed by atoms with van der Waals surface area (Å²) in [5, 5.41) is 0. The molecule has 0 bridgehead atoms. The van der Waals surface area contributed by atoms with Crippen molar-refractivity contribution in [2.24, 2.45) is 0 Å². The maximum absolute atomic E-state index is 13.6. The Balaban J connectivity index is 1.57. The molecule has 2 nitrogen and oxygen atoms in total. The van der Waals surface area contributed by atoms with E-state index in [2.05, 4.69) is 4.90 Å². The number of alkyl halides is 3. The van der Waals surface area contributed by atoms with E-state index < -0.39 is 17.6 Å². The first-order chi connectivity index (χ1) is 16.1.